The van der Waals surface area contributed by atoms with Crippen LogP contribution in [0.1, 0.15) is 34.8 Å². The van der Waals surface area contributed by atoms with Gasteiger partial charge in [-0.1, -0.05) is 24.3 Å². The molecule has 0 spiro atoms. The zero-order valence-electron chi connectivity index (χ0n) is 17.1. The number of nitrogens with zero attached hydrogens (tertiary/aromatic N) is 1. The second-order valence-electron chi connectivity index (χ2n) is 7.58. The van der Waals surface area contributed by atoms with Crippen LogP contribution in [0.15, 0.2) is 53.4 Å². The van der Waals surface area contributed by atoms with Crippen LogP contribution in [0.2, 0.25) is 0 Å². The summed E-state index contributed by atoms with van der Waals surface area (Å²) >= 11 is 0. The molecule has 3 rings (SSSR count). The van der Waals surface area contributed by atoms with Crippen LogP contribution in [0, 0.1) is 5.92 Å². The van der Waals surface area contributed by atoms with Crippen molar-refractivity contribution in [2.75, 3.05) is 33.5 Å². The molecule has 0 aromatic heterocycles. The highest BCUT2D eigenvalue weighted by Crippen LogP contribution is 2.35. The number of carbonyl (C=O) groups is 1. The van der Waals surface area contributed by atoms with E-state index in [1.54, 1.807) is 25.3 Å². The minimum Gasteiger partial charge on any atom is -0.497 e. The fraction of sp³-hybridized carbons (Fsp3) is 0.409. The third kappa shape index (κ3) is 4.97. The van der Waals surface area contributed by atoms with Gasteiger partial charge in [0.05, 0.1) is 17.6 Å². The fourth-order valence-corrected chi connectivity index (χ4v) is 4.98. The van der Waals surface area contributed by atoms with Gasteiger partial charge >= 0.3 is 0 Å². The number of nitrogens with one attached hydrogen (secondary N) is 1. The summed E-state index contributed by atoms with van der Waals surface area (Å²) in [4.78, 5) is 15.1. The summed E-state index contributed by atoms with van der Waals surface area (Å²) in [5.74, 6) is 0.693. The molecule has 29 heavy (non-hydrogen) atoms. The van der Waals surface area contributed by atoms with Crippen LogP contribution in [-0.4, -0.2) is 52.7 Å². The lowest BCUT2D eigenvalue weighted by Crippen LogP contribution is -2.42. The SMILES string of the molecule is COc1ccc(C2C(CNC(=O)c3ccccc3S(C)(=O)=O)CCCN2C)cc1. The van der Waals surface area contributed by atoms with Gasteiger partial charge in [0.15, 0.2) is 9.84 Å². The third-order valence-electron chi connectivity index (χ3n) is 5.52. The first-order valence-corrected chi connectivity index (χ1v) is 11.6. The van der Waals surface area contributed by atoms with E-state index in [0.717, 1.165) is 31.4 Å². The maximum atomic E-state index is 12.8. The maximum Gasteiger partial charge on any atom is 0.252 e. The van der Waals surface area contributed by atoms with Gasteiger partial charge in [-0.2, -0.15) is 0 Å². The van der Waals surface area contributed by atoms with Gasteiger partial charge in [0.2, 0.25) is 0 Å². The van der Waals surface area contributed by atoms with Gasteiger partial charge in [-0.05, 0) is 62.2 Å². The average Bonchev–Trinajstić information content (AvgIpc) is 2.71. The second kappa shape index (κ2) is 8.97. The third-order valence-corrected chi connectivity index (χ3v) is 6.68. The van der Waals surface area contributed by atoms with E-state index >= 15 is 0 Å². The van der Waals surface area contributed by atoms with E-state index in [2.05, 4.69) is 29.4 Å². The number of rotatable bonds is 6. The molecule has 2 atom stereocenters. The van der Waals surface area contributed by atoms with Crippen LogP contribution >= 0.6 is 0 Å². The van der Waals surface area contributed by atoms with Gasteiger partial charge in [0, 0.05) is 18.8 Å². The Bertz CT molecular complexity index is 957. The number of ether oxygens (including phenoxy) is 1. The van der Waals surface area contributed by atoms with Crippen LogP contribution < -0.4 is 10.1 Å². The van der Waals surface area contributed by atoms with E-state index in [1.807, 2.05) is 12.1 Å². The molecule has 2 aromatic rings. The van der Waals surface area contributed by atoms with Crippen molar-refractivity contribution >= 4 is 15.7 Å². The number of likely N-dealkylation sites (tertiary alicyclic amines) is 1. The molecule has 1 N–H and O–H groups in total. The van der Waals surface area contributed by atoms with E-state index < -0.39 is 9.84 Å². The second-order valence-corrected chi connectivity index (χ2v) is 9.56. The summed E-state index contributed by atoms with van der Waals surface area (Å²) in [6.07, 6.45) is 3.17. The maximum absolute atomic E-state index is 12.8. The number of methoxy groups -OCH3 is 1. The molecule has 1 heterocycles. The van der Waals surface area contributed by atoms with E-state index in [4.69, 9.17) is 4.74 Å². The number of sulfone groups is 1. The number of piperidine rings is 1. The van der Waals surface area contributed by atoms with Crippen LogP contribution in [0.5, 0.6) is 5.75 Å². The van der Waals surface area contributed by atoms with Crippen molar-refractivity contribution < 1.29 is 17.9 Å². The summed E-state index contributed by atoms with van der Waals surface area (Å²) in [7, 11) is 0.275. The van der Waals surface area contributed by atoms with Crippen LogP contribution in [-0.2, 0) is 9.84 Å². The topological polar surface area (TPSA) is 75.7 Å². The predicted molar refractivity (Wildman–Crippen MR) is 113 cm³/mol. The molecular weight excluding hydrogens is 388 g/mol. The molecule has 1 aliphatic heterocycles. The molecule has 0 aliphatic carbocycles. The number of hydrogen-bond acceptors (Lipinski definition) is 5. The molecule has 1 aliphatic rings. The summed E-state index contributed by atoms with van der Waals surface area (Å²) in [6.45, 7) is 1.48. The molecule has 0 radical (unpaired) electrons. The highest BCUT2D eigenvalue weighted by atomic mass is 32.2. The van der Waals surface area contributed by atoms with Gasteiger partial charge in [-0.25, -0.2) is 8.42 Å². The first kappa shape index (κ1) is 21.3. The normalized spacial score (nSPS) is 20.2. The molecule has 156 valence electrons. The van der Waals surface area contributed by atoms with Crippen molar-refractivity contribution in [2.24, 2.45) is 5.92 Å². The molecule has 0 bridgehead atoms. The lowest BCUT2D eigenvalue weighted by atomic mass is 9.85. The van der Waals surface area contributed by atoms with Gasteiger partial charge < -0.3 is 10.1 Å². The van der Waals surface area contributed by atoms with E-state index in [-0.39, 0.29) is 28.3 Å². The Labute approximate surface area is 172 Å². The first-order valence-electron chi connectivity index (χ1n) is 9.72. The zero-order valence-corrected chi connectivity index (χ0v) is 17.9. The van der Waals surface area contributed by atoms with Crippen LogP contribution in [0.25, 0.3) is 0 Å². The molecule has 6 nitrogen and oxygen atoms in total. The highest BCUT2D eigenvalue weighted by Gasteiger charge is 2.31. The summed E-state index contributed by atoms with van der Waals surface area (Å²) in [5, 5.41) is 2.97. The Balaban J connectivity index is 1.77. The Morgan fingerprint density at radius 2 is 1.86 bits per heavy atom. The van der Waals surface area contributed by atoms with Gasteiger partial charge in [0.25, 0.3) is 5.91 Å². The van der Waals surface area contributed by atoms with Gasteiger partial charge in [-0.15, -0.1) is 0 Å². The summed E-state index contributed by atoms with van der Waals surface area (Å²) < 4.78 is 29.3. The van der Waals surface area contributed by atoms with E-state index in [1.165, 1.54) is 11.6 Å². The molecule has 1 saturated heterocycles. The lowest BCUT2D eigenvalue weighted by molar-refractivity contribution is 0.0888. The fourth-order valence-electron chi connectivity index (χ4n) is 4.10. The monoisotopic (exact) mass is 416 g/mol. The van der Waals surface area contributed by atoms with Gasteiger partial charge in [0.1, 0.15) is 5.75 Å². The van der Waals surface area contributed by atoms with Crippen molar-refractivity contribution in [2.45, 2.75) is 23.8 Å². The first-order chi connectivity index (χ1) is 13.8. The molecule has 1 fully saturated rings. The smallest absolute Gasteiger partial charge is 0.252 e. The Kier molecular flexibility index (Phi) is 6.59. The zero-order chi connectivity index (χ0) is 21.0. The Hall–Kier alpha value is -2.38. The van der Waals surface area contributed by atoms with Crippen LogP contribution in [0.3, 0.4) is 0 Å². The largest absolute Gasteiger partial charge is 0.497 e. The molecule has 1 amide bonds. The van der Waals surface area contributed by atoms with Crippen molar-refractivity contribution in [1.82, 2.24) is 10.2 Å². The molecule has 2 unspecified atom stereocenters. The van der Waals surface area contributed by atoms with Crippen LogP contribution in [0.4, 0.5) is 0 Å². The van der Waals surface area contributed by atoms with E-state index in [0.29, 0.717) is 6.54 Å². The minimum atomic E-state index is -3.47. The summed E-state index contributed by atoms with van der Waals surface area (Å²) in [5.41, 5.74) is 1.38. The van der Waals surface area contributed by atoms with Crippen molar-refractivity contribution in [3.63, 3.8) is 0 Å². The quantitative estimate of drug-likeness (QED) is 0.784. The standard InChI is InChI=1S/C22H28N2O4S/c1-24-14-6-7-17(21(24)16-10-12-18(28-2)13-11-16)15-23-22(25)19-8-4-5-9-20(19)29(3,26)27/h4-5,8-13,17,21H,6-7,14-15H2,1-3H3,(H,23,25). The van der Waals surface area contributed by atoms with Gasteiger partial charge in [-0.3, -0.25) is 9.69 Å². The lowest BCUT2D eigenvalue weighted by Gasteiger charge is -2.39. The molecule has 0 saturated carbocycles. The van der Waals surface area contributed by atoms with Crippen molar-refractivity contribution in [3.05, 3.63) is 59.7 Å². The molecule has 2 aromatic carbocycles. The minimum absolute atomic E-state index is 0.0602. The van der Waals surface area contributed by atoms with Crippen molar-refractivity contribution in [3.8, 4) is 5.75 Å². The highest BCUT2D eigenvalue weighted by molar-refractivity contribution is 7.90. The number of amides is 1. The number of carbonyl (C=O) groups excluding carboxylic acids is 1. The van der Waals surface area contributed by atoms with E-state index in [9.17, 15) is 13.2 Å². The number of benzene rings is 2. The average molecular weight is 417 g/mol. The number of hydrogen-bond donors (Lipinski definition) is 1. The molecule has 7 heteroatoms. The predicted octanol–water partition coefficient (Wildman–Crippen LogP) is 2.91. The Morgan fingerprint density at radius 3 is 2.52 bits per heavy atom. The molecular formula is C22H28N2O4S. The Morgan fingerprint density at radius 1 is 1.17 bits per heavy atom. The van der Waals surface area contributed by atoms with Crippen molar-refractivity contribution in [1.29, 1.82) is 0 Å². The summed E-state index contributed by atoms with van der Waals surface area (Å²) in [6, 6.07) is 14.6.